The smallest absolute Gasteiger partial charge is 0.166 e. The van der Waals surface area contributed by atoms with Gasteiger partial charge in [0.2, 0.25) is 0 Å². The van der Waals surface area contributed by atoms with Crippen LogP contribution in [0.1, 0.15) is 20.3 Å². The van der Waals surface area contributed by atoms with Gasteiger partial charge in [0.05, 0.1) is 11.0 Å². The van der Waals surface area contributed by atoms with Gasteiger partial charge in [0.25, 0.3) is 0 Å². The minimum atomic E-state index is 0.543. The lowest BCUT2D eigenvalue weighted by Crippen LogP contribution is -2.24. The van der Waals surface area contributed by atoms with E-state index < -0.39 is 0 Å². The first-order chi connectivity index (χ1) is 8.19. The van der Waals surface area contributed by atoms with Crippen molar-refractivity contribution in [2.75, 3.05) is 7.05 Å². The molecule has 0 saturated carbocycles. The number of imidazole rings is 1. The van der Waals surface area contributed by atoms with Crippen LogP contribution in [0.4, 0.5) is 0 Å². The Bertz CT molecular complexity index is 447. The summed E-state index contributed by atoms with van der Waals surface area (Å²) in [7, 11) is 2.00. The second kappa shape index (κ2) is 5.56. The molecule has 92 valence electrons. The minimum absolute atomic E-state index is 0.543. The van der Waals surface area contributed by atoms with Crippen LogP contribution in [0, 0.1) is 0 Å². The number of aromatic nitrogens is 2. The van der Waals surface area contributed by atoms with Crippen LogP contribution in [0.15, 0.2) is 29.4 Å². The normalized spacial score (nSPS) is 15.0. The Morgan fingerprint density at radius 2 is 2.12 bits per heavy atom. The van der Waals surface area contributed by atoms with E-state index in [4.69, 9.17) is 0 Å². The molecule has 0 aliphatic carbocycles. The van der Waals surface area contributed by atoms with Crippen molar-refractivity contribution < 1.29 is 0 Å². The van der Waals surface area contributed by atoms with E-state index in [1.807, 2.05) is 25.2 Å². The predicted octanol–water partition coefficient (Wildman–Crippen LogP) is 3.04. The lowest BCUT2D eigenvalue weighted by molar-refractivity contribution is 0.563. The molecule has 0 radical (unpaired) electrons. The Morgan fingerprint density at radius 3 is 2.82 bits per heavy atom. The molecule has 0 bridgehead atoms. The van der Waals surface area contributed by atoms with Gasteiger partial charge in [-0.3, -0.25) is 0 Å². The number of rotatable bonds is 5. The van der Waals surface area contributed by atoms with Crippen molar-refractivity contribution in [1.29, 1.82) is 0 Å². The Kier molecular flexibility index (Phi) is 4.07. The summed E-state index contributed by atoms with van der Waals surface area (Å²) in [4.78, 5) is 7.92. The highest BCUT2D eigenvalue weighted by molar-refractivity contribution is 7.99. The van der Waals surface area contributed by atoms with Crippen molar-refractivity contribution >= 4 is 22.8 Å². The van der Waals surface area contributed by atoms with Gasteiger partial charge in [-0.25, -0.2) is 4.98 Å². The number of hydrogen-bond acceptors (Lipinski definition) is 3. The van der Waals surface area contributed by atoms with E-state index >= 15 is 0 Å². The lowest BCUT2D eigenvalue weighted by Gasteiger charge is -2.14. The quantitative estimate of drug-likeness (QED) is 0.800. The molecule has 0 aliphatic rings. The molecular weight excluding hydrogens is 230 g/mol. The number of nitrogens with zero attached hydrogens (tertiary/aromatic N) is 1. The summed E-state index contributed by atoms with van der Waals surface area (Å²) in [6.45, 7) is 4.45. The first-order valence-electron chi connectivity index (χ1n) is 5.97. The lowest BCUT2D eigenvalue weighted by atomic mass is 10.2. The summed E-state index contributed by atoms with van der Waals surface area (Å²) in [5.41, 5.74) is 2.16. The molecule has 2 unspecified atom stereocenters. The molecule has 1 aromatic carbocycles. The number of fused-ring (bicyclic) bond motifs is 1. The van der Waals surface area contributed by atoms with E-state index in [1.165, 1.54) is 0 Å². The molecular formula is C13H19N3S. The van der Waals surface area contributed by atoms with Gasteiger partial charge in [0.1, 0.15) is 0 Å². The minimum Gasteiger partial charge on any atom is -0.333 e. The highest BCUT2D eigenvalue weighted by Crippen LogP contribution is 2.25. The SMILES string of the molecule is CNC(C)CC(C)Sc1nc2ccccc2[nH]1. The zero-order chi connectivity index (χ0) is 12.3. The first kappa shape index (κ1) is 12.5. The number of thioether (sulfide) groups is 1. The van der Waals surface area contributed by atoms with Gasteiger partial charge in [-0.15, -0.1) is 0 Å². The molecule has 4 heteroatoms. The van der Waals surface area contributed by atoms with Gasteiger partial charge >= 0.3 is 0 Å². The van der Waals surface area contributed by atoms with Crippen molar-refractivity contribution in [3.05, 3.63) is 24.3 Å². The number of nitrogens with one attached hydrogen (secondary N) is 2. The topological polar surface area (TPSA) is 40.7 Å². The maximum absolute atomic E-state index is 4.57. The Labute approximate surface area is 106 Å². The summed E-state index contributed by atoms with van der Waals surface area (Å²) in [5.74, 6) is 0. The Morgan fingerprint density at radius 1 is 1.35 bits per heavy atom. The molecule has 1 aromatic heterocycles. The maximum atomic E-state index is 4.57. The molecule has 2 N–H and O–H groups in total. The van der Waals surface area contributed by atoms with Crippen LogP contribution in [0.3, 0.4) is 0 Å². The third kappa shape index (κ3) is 3.23. The van der Waals surface area contributed by atoms with Crippen LogP contribution >= 0.6 is 11.8 Å². The largest absolute Gasteiger partial charge is 0.333 e. The summed E-state index contributed by atoms with van der Waals surface area (Å²) < 4.78 is 0. The molecule has 0 aliphatic heterocycles. The Hall–Kier alpha value is -1.00. The molecule has 2 atom stereocenters. The van der Waals surface area contributed by atoms with Crippen LogP contribution in [-0.4, -0.2) is 28.3 Å². The van der Waals surface area contributed by atoms with Gasteiger partial charge in [-0.1, -0.05) is 30.8 Å². The summed E-state index contributed by atoms with van der Waals surface area (Å²) >= 11 is 1.81. The number of hydrogen-bond donors (Lipinski definition) is 2. The highest BCUT2D eigenvalue weighted by Gasteiger charge is 2.11. The molecule has 2 aromatic rings. The fourth-order valence-electron chi connectivity index (χ4n) is 1.84. The first-order valence-corrected chi connectivity index (χ1v) is 6.85. The molecule has 3 nitrogen and oxygen atoms in total. The average molecular weight is 249 g/mol. The van der Waals surface area contributed by atoms with Gasteiger partial charge < -0.3 is 10.3 Å². The fourth-order valence-corrected chi connectivity index (χ4v) is 2.93. The third-order valence-corrected chi connectivity index (χ3v) is 3.87. The molecule has 1 heterocycles. The van der Waals surface area contributed by atoms with Crippen molar-refractivity contribution in [2.24, 2.45) is 0 Å². The standard InChI is InChI=1S/C13H19N3S/c1-9(14-3)8-10(2)17-13-15-11-6-4-5-7-12(11)16-13/h4-7,9-10,14H,8H2,1-3H3,(H,15,16). The summed E-state index contributed by atoms with van der Waals surface area (Å²) in [6, 6.07) is 8.69. The highest BCUT2D eigenvalue weighted by atomic mass is 32.2. The van der Waals surface area contributed by atoms with E-state index in [0.717, 1.165) is 22.6 Å². The van der Waals surface area contributed by atoms with E-state index in [2.05, 4.69) is 35.2 Å². The predicted molar refractivity (Wildman–Crippen MR) is 74.6 cm³/mol. The Balaban J connectivity index is 2.03. The number of benzene rings is 1. The average Bonchev–Trinajstić information content (AvgIpc) is 2.70. The van der Waals surface area contributed by atoms with Crippen molar-refractivity contribution in [3.63, 3.8) is 0 Å². The monoisotopic (exact) mass is 249 g/mol. The van der Waals surface area contributed by atoms with Crippen LogP contribution < -0.4 is 5.32 Å². The van der Waals surface area contributed by atoms with E-state index in [1.54, 1.807) is 11.8 Å². The number of H-pyrrole nitrogens is 1. The zero-order valence-electron chi connectivity index (χ0n) is 10.5. The molecule has 0 fully saturated rings. The van der Waals surface area contributed by atoms with Gasteiger partial charge in [-0.05, 0) is 32.5 Å². The summed E-state index contributed by atoms with van der Waals surface area (Å²) in [5, 5.41) is 4.83. The molecule has 17 heavy (non-hydrogen) atoms. The van der Waals surface area contributed by atoms with Gasteiger partial charge in [0.15, 0.2) is 5.16 Å². The van der Waals surface area contributed by atoms with E-state index in [9.17, 15) is 0 Å². The summed E-state index contributed by atoms with van der Waals surface area (Å²) in [6.07, 6.45) is 1.14. The third-order valence-electron chi connectivity index (χ3n) is 2.86. The van der Waals surface area contributed by atoms with Gasteiger partial charge in [-0.2, -0.15) is 0 Å². The van der Waals surface area contributed by atoms with Crippen LogP contribution in [-0.2, 0) is 0 Å². The van der Waals surface area contributed by atoms with Crippen LogP contribution in [0.2, 0.25) is 0 Å². The van der Waals surface area contributed by atoms with Crippen molar-refractivity contribution in [1.82, 2.24) is 15.3 Å². The molecule has 0 amide bonds. The molecule has 2 rings (SSSR count). The molecule has 0 spiro atoms. The van der Waals surface area contributed by atoms with E-state index in [0.29, 0.717) is 11.3 Å². The number of aromatic amines is 1. The zero-order valence-corrected chi connectivity index (χ0v) is 11.3. The van der Waals surface area contributed by atoms with Crippen molar-refractivity contribution in [2.45, 2.75) is 36.7 Å². The van der Waals surface area contributed by atoms with Crippen LogP contribution in [0.5, 0.6) is 0 Å². The van der Waals surface area contributed by atoms with Crippen molar-refractivity contribution in [3.8, 4) is 0 Å². The molecule has 0 saturated heterocycles. The second-order valence-electron chi connectivity index (χ2n) is 4.41. The van der Waals surface area contributed by atoms with Crippen LogP contribution in [0.25, 0.3) is 11.0 Å². The second-order valence-corrected chi connectivity index (χ2v) is 5.84. The van der Waals surface area contributed by atoms with E-state index in [-0.39, 0.29) is 0 Å². The fraction of sp³-hybridized carbons (Fsp3) is 0.462. The maximum Gasteiger partial charge on any atom is 0.166 e. The van der Waals surface area contributed by atoms with Gasteiger partial charge in [0, 0.05) is 11.3 Å². The number of para-hydroxylation sites is 2.